The highest BCUT2D eigenvalue weighted by Crippen LogP contribution is 2.24. The smallest absolute Gasteiger partial charge is 0.251 e. The third-order valence-corrected chi connectivity index (χ3v) is 4.90. The van der Waals surface area contributed by atoms with Crippen LogP contribution < -0.4 is 10.6 Å². The summed E-state index contributed by atoms with van der Waals surface area (Å²) < 4.78 is 0. The number of carbonyl (C=O) groups excluding carboxylic acids is 3. The molecule has 1 saturated heterocycles. The van der Waals surface area contributed by atoms with Crippen LogP contribution in [0.1, 0.15) is 43.1 Å². The summed E-state index contributed by atoms with van der Waals surface area (Å²) in [5.41, 5.74) is 1.69. The standard InChI is InChI=1S/C20H29N3O3/c1-13(2)17-11-23(12-18(17)22-15(4)24)19(25)9-10-21-20(26)16-7-5-14(3)6-8-16/h5-8,13,17-18H,9-12H2,1-4H3,(H,21,26)(H,22,24). The maximum Gasteiger partial charge on any atom is 0.251 e. The van der Waals surface area contributed by atoms with Crippen molar-refractivity contribution >= 4 is 17.7 Å². The summed E-state index contributed by atoms with van der Waals surface area (Å²) in [7, 11) is 0. The minimum atomic E-state index is -0.171. The van der Waals surface area contributed by atoms with E-state index in [1.807, 2.05) is 19.1 Å². The van der Waals surface area contributed by atoms with Crippen molar-refractivity contribution in [2.75, 3.05) is 19.6 Å². The summed E-state index contributed by atoms with van der Waals surface area (Å²) in [6, 6.07) is 7.33. The lowest BCUT2D eigenvalue weighted by Crippen LogP contribution is -2.41. The first-order chi connectivity index (χ1) is 12.3. The number of likely N-dealkylation sites (tertiary alicyclic amines) is 1. The average molecular weight is 359 g/mol. The molecule has 0 aromatic heterocycles. The van der Waals surface area contributed by atoms with Crippen LogP contribution in [0.15, 0.2) is 24.3 Å². The molecule has 0 bridgehead atoms. The Morgan fingerprint density at radius 2 is 1.81 bits per heavy atom. The van der Waals surface area contributed by atoms with E-state index in [0.29, 0.717) is 31.1 Å². The lowest BCUT2D eigenvalue weighted by molar-refractivity contribution is -0.130. The zero-order chi connectivity index (χ0) is 19.3. The summed E-state index contributed by atoms with van der Waals surface area (Å²) in [6.07, 6.45) is 0.259. The minimum absolute atomic E-state index is 0.00130. The fraction of sp³-hybridized carbons (Fsp3) is 0.550. The molecule has 0 radical (unpaired) electrons. The fourth-order valence-corrected chi connectivity index (χ4v) is 3.37. The summed E-state index contributed by atoms with van der Waals surface area (Å²) >= 11 is 0. The number of nitrogens with zero attached hydrogens (tertiary/aromatic N) is 1. The third-order valence-electron chi connectivity index (χ3n) is 4.90. The quantitative estimate of drug-likeness (QED) is 0.812. The second-order valence-electron chi connectivity index (χ2n) is 7.39. The topological polar surface area (TPSA) is 78.5 Å². The fourth-order valence-electron chi connectivity index (χ4n) is 3.37. The second-order valence-corrected chi connectivity index (χ2v) is 7.39. The molecular formula is C20H29N3O3. The zero-order valence-corrected chi connectivity index (χ0v) is 16.0. The number of rotatable bonds is 6. The molecule has 1 heterocycles. The normalized spacial score (nSPS) is 19.5. The van der Waals surface area contributed by atoms with Gasteiger partial charge in [0.15, 0.2) is 0 Å². The predicted molar refractivity (Wildman–Crippen MR) is 101 cm³/mol. The Labute approximate surface area is 155 Å². The van der Waals surface area contributed by atoms with E-state index in [9.17, 15) is 14.4 Å². The van der Waals surface area contributed by atoms with Crippen LogP contribution in [0, 0.1) is 18.8 Å². The SMILES string of the molecule is CC(=O)NC1CN(C(=O)CCNC(=O)c2ccc(C)cc2)CC1C(C)C. The van der Waals surface area contributed by atoms with E-state index in [-0.39, 0.29) is 36.1 Å². The van der Waals surface area contributed by atoms with Crippen molar-refractivity contribution in [2.24, 2.45) is 11.8 Å². The maximum atomic E-state index is 12.5. The number of amides is 3. The summed E-state index contributed by atoms with van der Waals surface area (Å²) in [5, 5.41) is 5.75. The highest BCUT2D eigenvalue weighted by molar-refractivity contribution is 5.94. The van der Waals surface area contributed by atoms with Gasteiger partial charge in [0.1, 0.15) is 0 Å². The van der Waals surface area contributed by atoms with E-state index in [2.05, 4.69) is 24.5 Å². The number of carbonyl (C=O) groups is 3. The second kappa shape index (κ2) is 8.83. The van der Waals surface area contributed by atoms with Gasteiger partial charge >= 0.3 is 0 Å². The Balaban J connectivity index is 1.83. The minimum Gasteiger partial charge on any atom is -0.352 e. The highest BCUT2D eigenvalue weighted by atomic mass is 16.2. The monoisotopic (exact) mass is 359 g/mol. The van der Waals surface area contributed by atoms with Crippen LogP contribution in [0.25, 0.3) is 0 Å². The molecule has 1 aromatic carbocycles. The van der Waals surface area contributed by atoms with E-state index in [0.717, 1.165) is 5.56 Å². The van der Waals surface area contributed by atoms with Crippen LogP contribution in [0.3, 0.4) is 0 Å². The predicted octanol–water partition coefficient (Wildman–Crippen LogP) is 1.73. The largest absolute Gasteiger partial charge is 0.352 e. The molecule has 1 aromatic rings. The van der Waals surface area contributed by atoms with Crippen molar-refractivity contribution in [3.05, 3.63) is 35.4 Å². The summed E-state index contributed by atoms with van der Waals surface area (Å²) in [6.45, 7) is 9.17. The van der Waals surface area contributed by atoms with Crippen LogP contribution >= 0.6 is 0 Å². The molecule has 1 aliphatic rings. The van der Waals surface area contributed by atoms with E-state index >= 15 is 0 Å². The maximum absolute atomic E-state index is 12.5. The first-order valence-corrected chi connectivity index (χ1v) is 9.17. The van der Waals surface area contributed by atoms with Crippen molar-refractivity contribution in [1.82, 2.24) is 15.5 Å². The van der Waals surface area contributed by atoms with E-state index < -0.39 is 0 Å². The number of hydrogen-bond acceptors (Lipinski definition) is 3. The molecule has 3 amide bonds. The van der Waals surface area contributed by atoms with Crippen LogP contribution in [-0.2, 0) is 9.59 Å². The molecule has 0 aliphatic carbocycles. The van der Waals surface area contributed by atoms with Crippen molar-refractivity contribution in [1.29, 1.82) is 0 Å². The number of aryl methyl sites for hydroxylation is 1. The number of benzene rings is 1. The van der Waals surface area contributed by atoms with Gasteiger partial charge in [0.05, 0.1) is 6.04 Å². The molecule has 26 heavy (non-hydrogen) atoms. The molecule has 1 aliphatic heterocycles. The highest BCUT2D eigenvalue weighted by Gasteiger charge is 2.36. The third kappa shape index (κ3) is 5.31. The van der Waals surface area contributed by atoms with Gasteiger partial charge in [0.25, 0.3) is 5.91 Å². The van der Waals surface area contributed by atoms with Gasteiger partial charge in [-0.15, -0.1) is 0 Å². The Kier molecular flexibility index (Phi) is 6.77. The number of hydrogen-bond donors (Lipinski definition) is 2. The van der Waals surface area contributed by atoms with Crippen LogP contribution in [0.2, 0.25) is 0 Å². The van der Waals surface area contributed by atoms with Gasteiger partial charge in [-0.05, 0) is 25.0 Å². The van der Waals surface area contributed by atoms with Gasteiger partial charge < -0.3 is 15.5 Å². The van der Waals surface area contributed by atoms with Crippen LogP contribution in [0.5, 0.6) is 0 Å². The van der Waals surface area contributed by atoms with E-state index in [1.165, 1.54) is 6.92 Å². The Hall–Kier alpha value is -2.37. The lowest BCUT2D eigenvalue weighted by atomic mass is 9.91. The summed E-state index contributed by atoms with van der Waals surface area (Å²) in [5.74, 6) is 0.402. The molecule has 1 fully saturated rings. The van der Waals surface area contributed by atoms with E-state index in [1.54, 1.807) is 17.0 Å². The zero-order valence-electron chi connectivity index (χ0n) is 16.0. The van der Waals surface area contributed by atoms with Crippen LogP contribution in [-0.4, -0.2) is 48.3 Å². The van der Waals surface area contributed by atoms with Crippen molar-refractivity contribution in [2.45, 2.75) is 40.2 Å². The van der Waals surface area contributed by atoms with E-state index in [4.69, 9.17) is 0 Å². The summed E-state index contributed by atoms with van der Waals surface area (Å²) in [4.78, 5) is 37.7. The van der Waals surface area contributed by atoms with Gasteiger partial charge in [-0.1, -0.05) is 31.5 Å². The van der Waals surface area contributed by atoms with Gasteiger partial charge in [-0.25, -0.2) is 0 Å². The lowest BCUT2D eigenvalue weighted by Gasteiger charge is -2.21. The molecule has 0 saturated carbocycles. The number of nitrogens with one attached hydrogen (secondary N) is 2. The Morgan fingerprint density at radius 3 is 2.38 bits per heavy atom. The van der Waals surface area contributed by atoms with Gasteiger partial charge in [-0.2, -0.15) is 0 Å². The molecule has 6 nitrogen and oxygen atoms in total. The Bertz CT molecular complexity index is 655. The average Bonchev–Trinajstić information content (AvgIpc) is 2.98. The molecule has 0 spiro atoms. The van der Waals surface area contributed by atoms with Crippen molar-refractivity contribution in [3.8, 4) is 0 Å². The molecular weight excluding hydrogens is 330 g/mol. The van der Waals surface area contributed by atoms with Gasteiger partial charge in [-0.3, -0.25) is 14.4 Å². The molecule has 2 atom stereocenters. The Morgan fingerprint density at radius 1 is 1.15 bits per heavy atom. The molecule has 2 N–H and O–H groups in total. The van der Waals surface area contributed by atoms with Gasteiger partial charge in [0, 0.05) is 44.5 Å². The molecule has 6 heteroatoms. The van der Waals surface area contributed by atoms with Crippen LogP contribution in [0.4, 0.5) is 0 Å². The first kappa shape index (κ1) is 19.9. The van der Waals surface area contributed by atoms with Crippen molar-refractivity contribution < 1.29 is 14.4 Å². The molecule has 2 rings (SSSR count). The van der Waals surface area contributed by atoms with Gasteiger partial charge in [0.2, 0.25) is 11.8 Å². The molecule has 142 valence electrons. The molecule has 2 unspecified atom stereocenters. The van der Waals surface area contributed by atoms with Crippen molar-refractivity contribution in [3.63, 3.8) is 0 Å². The first-order valence-electron chi connectivity index (χ1n) is 9.17.